The second-order valence-corrected chi connectivity index (χ2v) is 5.93. The van der Waals surface area contributed by atoms with Gasteiger partial charge in [-0.3, -0.25) is 0 Å². The van der Waals surface area contributed by atoms with Gasteiger partial charge in [0.15, 0.2) is 5.82 Å². The van der Waals surface area contributed by atoms with Crippen molar-refractivity contribution in [3.8, 4) is 0 Å². The Morgan fingerprint density at radius 3 is 2.22 bits per heavy atom. The summed E-state index contributed by atoms with van der Waals surface area (Å²) in [5, 5.41) is 4.55. The fourth-order valence-corrected chi connectivity index (χ4v) is 2.61. The Balaban J connectivity index is 1.86. The first-order valence-corrected chi connectivity index (χ1v) is 7.26. The van der Waals surface area contributed by atoms with Crippen LogP contribution in [-0.2, 0) is 6.54 Å². The van der Waals surface area contributed by atoms with Gasteiger partial charge < -0.3 is 10.6 Å². The molecule has 2 fully saturated rings. The van der Waals surface area contributed by atoms with Crippen molar-refractivity contribution >= 4 is 11.5 Å². The first-order valence-electron chi connectivity index (χ1n) is 7.26. The number of hydrogen-bond acceptors (Lipinski definition) is 3. The van der Waals surface area contributed by atoms with Gasteiger partial charge in [0, 0.05) is 19.6 Å². The molecule has 0 amide bonds. The van der Waals surface area contributed by atoms with Gasteiger partial charge in [-0.2, -0.15) is 5.10 Å². The zero-order valence-electron chi connectivity index (χ0n) is 11.5. The van der Waals surface area contributed by atoms with Crippen molar-refractivity contribution in [1.82, 2.24) is 9.78 Å². The van der Waals surface area contributed by atoms with Crippen LogP contribution in [0, 0.1) is 18.8 Å². The van der Waals surface area contributed by atoms with Crippen molar-refractivity contribution in [3.05, 3.63) is 5.69 Å². The predicted molar refractivity (Wildman–Crippen MR) is 74.7 cm³/mol. The first kappa shape index (κ1) is 11.9. The van der Waals surface area contributed by atoms with E-state index in [0.717, 1.165) is 29.8 Å². The van der Waals surface area contributed by atoms with E-state index in [4.69, 9.17) is 5.73 Å². The van der Waals surface area contributed by atoms with Crippen LogP contribution in [0.2, 0.25) is 0 Å². The van der Waals surface area contributed by atoms with Gasteiger partial charge in [0.1, 0.15) is 0 Å². The number of hydrogen-bond donors (Lipinski definition) is 1. The summed E-state index contributed by atoms with van der Waals surface area (Å²) in [5.74, 6) is 2.96. The van der Waals surface area contributed by atoms with Crippen LogP contribution in [0.5, 0.6) is 0 Å². The molecule has 100 valence electrons. The molecule has 4 nitrogen and oxygen atoms in total. The van der Waals surface area contributed by atoms with E-state index < -0.39 is 0 Å². The van der Waals surface area contributed by atoms with Crippen LogP contribution in [0.3, 0.4) is 0 Å². The minimum Gasteiger partial charge on any atom is -0.394 e. The van der Waals surface area contributed by atoms with Crippen LogP contribution >= 0.6 is 0 Å². The molecule has 3 rings (SSSR count). The Labute approximate surface area is 109 Å². The second kappa shape index (κ2) is 4.48. The molecule has 1 aromatic heterocycles. The average molecular weight is 248 g/mol. The molecule has 0 radical (unpaired) electrons. The summed E-state index contributed by atoms with van der Waals surface area (Å²) in [5.41, 5.74) is 8.11. The zero-order chi connectivity index (χ0) is 12.7. The SMILES string of the molecule is CCn1nc(C)c(N)c1N(CC1CC1)CC1CC1. The van der Waals surface area contributed by atoms with Crippen molar-refractivity contribution in [3.63, 3.8) is 0 Å². The number of nitrogens with two attached hydrogens (primary N) is 1. The zero-order valence-corrected chi connectivity index (χ0v) is 11.5. The Kier molecular flexibility index (Phi) is 2.96. The summed E-state index contributed by atoms with van der Waals surface area (Å²) in [6.07, 6.45) is 5.56. The fourth-order valence-electron chi connectivity index (χ4n) is 2.61. The largest absolute Gasteiger partial charge is 0.394 e. The van der Waals surface area contributed by atoms with Gasteiger partial charge >= 0.3 is 0 Å². The van der Waals surface area contributed by atoms with Crippen molar-refractivity contribution in [2.45, 2.75) is 46.1 Å². The molecule has 1 heterocycles. The average Bonchev–Trinajstić information content (AvgIpc) is 3.23. The third-order valence-corrected chi connectivity index (χ3v) is 4.10. The summed E-state index contributed by atoms with van der Waals surface area (Å²) in [6, 6.07) is 0. The fraction of sp³-hybridized carbons (Fsp3) is 0.786. The Hall–Kier alpha value is -1.19. The van der Waals surface area contributed by atoms with Gasteiger partial charge in [0.2, 0.25) is 0 Å². The third kappa shape index (κ3) is 2.33. The molecule has 18 heavy (non-hydrogen) atoms. The lowest BCUT2D eigenvalue weighted by Gasteiger charge is -2.25. The molecule has 0 saturated heterocycles. The first-order chi connectivity index (χ1) is 8.69. The molecule has 0 spiro atoms. The van der Waals surface area contributed by atoms with E-state index in [-0.39, 0.29) is 0 Å². The smallest absolute Gasteiger partial charge is 0.150 e. The molecule has 0 unspecified atom stereocenters. The molecule has 4 heteroatoms. The highest BCUT2D eigenvalue weighted by Gasteiger charge is 2.31. The normalized spacial score (nSPS) is 19.2. The molecule has 2 saturated carbocycles. The summed E-state index contributed by atoms with van der Waals surface area (Å²) in [4.78, 5) is 2.51. The highest BCUT2D eigenvalue weighted by Crippen LogP contribution is 2.37. The quantitative estimate of drug-likeness (QED) is 0.841. The van der Waals surface area contributed by atoms with Crippen LogP contribution in [0.25, 0.3) is 0 Å². The molecule has 0 aromatic carbocycles. The molecule has 2 aliphatic carbocycles. The van der Waals surface area contributed by atoms with Gasteiger partial charge in [-0.25, -0.2) is 4.68 Å². The number of nitrogens with zero attached hydrogens (tertiary/aromatic N) is 3. The van der Waals surface area contributed by atoms with E-state index in [9.17, 15) is 0 Å². The predicted octanol–water partition coefficient (Wildman–Crippen LogP) is 2.42. The highest BCUT2D eigenvalue weighted by molar-refractivity contribution is 5.66. The van der Waals surface area contributed by atoms with E-state index in [2.05, 4.69) is 21.6 Å². The van der Waals surface area contributed by atoms with Gasteiger partial charge in [0.05, 0.1) is 11.4 Å². The van der Waals surface area contributed by atoms with Crippen LogP contribution in [-0.4, -0.2) is 22.9 Å². The number of aromatic nitrogens is 2. The molecule has 1 aromatic rings. The standard InChI is InChI=1S/C14H24N4/c1-3-18-14(13(15)10(2)16-18)17(8-11-4-5-11)9-12-6-7-12/h11-12H,3-9,15H2,1-2H3. The molecule has 2 aliphatic rings. The van der Waals surface area contributed by atoms with E-state index in [1.54, 1.807) is 0 Å². The van der Waals surface area contributed by atoms with Gasteiger partial charge in [-0.1, -0.05) is 0 Å². The molecule has 0 aliphatic heterocycles. The Morgan fingerprint density at radius 2 is 1.78 bits per heavy atom. The molecular formula is C14H24N4. The van der Waals surface area contributed by atoms with E-state index in [0.29, 0.717) is 0 Å². The Morgan fingerprint density at radius 1 is 1.22 bits per heavy atom. The maximum atomic E-state index is 6.25. The molecule has 0 atom stereocenters. The topological polar surface area (TPSA) is 47.1 Å². The monoisotopic (exact) mass is 248 g/mol. The molecule has 0 bridgehead atoms. The summed E-state index contributed by atoms with van der Waals surface area (Å²) in [6.45, 7) is 7.40. The minimum absolute atomic E-state index is 0.887. The minimum atomic E-state index is 0.887. The summed E-state index contributed by atoms with van der Waals surface area (Å²) >= 11 is 0. The number of anilines is 2. The number of rotatable bonds is 6. The van der Waals surface area contributed by atoms with E-state index in [1.165, 1.54) is 44.6 Å². The van der Waals surface area contributed by atoms with E-state index in [1.807, 2.05) is 6.92 Å². The van der Waals surface area contributed by atoms with Gasteiger partial charge in [0.25, 0.3) is 0 Å². The highest BCUT2D eigenvalue weighted by atomic mass is 15.4. The van der Waals surface area contributed by atoms with Crippen molar-refractivity contribution in [1.29, 1.82) is 0 Å². The van der Waals surface area contributed by atoms with Crippen molar-refractivity contribution in [2.75, 3.05) is 23.7 Å². The molecular weight excluding hydrogens is 224 g/mol. The van der Waals surface area contributed by atoms with Crippen LogP contribution < -0.4 is 10.6 Å². The van der Waals surface area contributed by atoms with Crippen LogP contribution in [0.1, 0.15) is 38.3 Å². The lowest BCUT2D eigenvalue weighted by Crippen LogP contribution is -2.31. The van der Waals surface area contributed by atoms with Crippen molar-refractivity contribution in [2.24, 2.45) is 11.8 Å². The second-order valence-electron chi connectivity index (χ2n) is 5.93. The molecule has 2 N–H and O–H groups in total. The summed E-state index contributed by atoms with van der Waals surface area (Å²) in [7, 11) is 0. The van der Waals surface area contributed by atoms with Crippen LogP contribution in [0.15, 0.2) is 0 Å². The van der Waals surface area contributed by atoms with Crippen LogP contribution in [0.4, 0.5) is 11.5 Å². The number of nitrogen functional groups attached to an aromatic ring is 1. The van der Waals surface area contributed by atoms with Crippen molar-refractivity contribution < 1.29 is 0 Å². The van der Waals surface area contributed by atoms with Gasteiger partial charge in [-0.15, -0.1) is 0 Å². The van der Waals surface area contributed by atoms with E-state index >= 15 is 0 Å². The maximum absolute atomic E-state index is 6.25. The van der Waals surface area contributed by atoms with Gasteiger partial charge in [-0.05, 0) is 51.4 Å². The summed E-state index contributed by atoms with van der Waals surface area (Å²) < 4.78 is 2.08. The lowest BCUT2D eigenvalue weighted by atomic mass is 10.3. The lowest BCUT2D eigenvalue weighted by molar-refractivity contribution is 0.603. The third-order valence-electron chi connectivity index (χ3n) is 4.10. The Bertz CT molecular complexity index is 415. The maximum Gasteiger partial charge on any atom is 0.150 e. The number of aryl methyl sites for hydroxylation is 2.